The first-order valence-corrected chi connectivity index (χ1v) is 13.2. The minimum atomic E-state index is -0.414. The second kappa shape index (κ2) is 9.64. The first kappa shape index (κ1) is 22.6. The fraction of sp³-hybridized carbons (Fsp3) is 0.0714. The SMILES string of the molecule is N=C1C(=Cc2cn(Cc3ccccc3)c3ccccc23)C(=O)N=C2SC(SCc3ccccc3)=NN12. The van der Waals surface area contributed by atoms with E-state index in [9.17, 15) is 4.79 Å². The molecule has 1 N–H and O–H groups in total. The molecule has 0 fully saturated rings. The summed E-state index contributed by atoms with van der Waals surface area (Å²) >= 11 is 2.91. The maximum Gasteiger partial charge on any atom is 0.283 e. The molecule has 0 saturated carbocycles. The Morgan fingerprint density at radius 1 is 0.917 bits per heavy atom. The van der Waals surface area contributed by atoms with Crippen molar-refractivity contribution < 1.29 is 4.79 Å². The van der Waals surface area contributed by atoms with Crippen molar-refractivity contribution in [2.24, 2.45) is 10.1 Å². The molecule has 3 aromatic carbocycles. The van der Waals surface area contributed by atoms with Crippen molar-refractivity contribution in [3.05, 3.63) is 113 Å². The minimum absolute atomic E-state index is 0.0488. The smallest absolute Gasteiger partial charge is 0.283 e. The van der Waals surface area contributed by atoms with Crippen molar-refractivity contribution >= 4 is 61.8 Å². The van der Waals surface area contributed by atoms with Crippen molar-refractivity contribution in [2.45, 2.75) is 12.3 Å². The average Bonchev–Trinajstić information content (AvgIpc) is 3.48. The maximum absolute atomic E-state index is 13.0. The van der Waals surface area contributed by atoms with E-state index in [0.29, 0.717) is 11.7 Å². The number of amides is 1. The van der Waals surface area contributed by atoms with Crippen LogP contribution >= 0.6 is 23.5 Å². The van der Waals surface area contributed by atoms with E-state index in [1.165, 1.54) is 27.9 Å². The van der Waals surface area contributed by atoms with Crippen LogP contribution < -0.4 is 0 Å². The van der Waals surface area contributed by atoms with Gasteiger partial charge in [-0.25, -0.2) is 0 Å². The van der Waals surface area contributed by atoms with Crippen LogP contribution in [0.15, 0.2) is 107 Å². The summed E-state index contributed by atoms with van der Waals surface area (Å²) in [5.41, 5.74) is 4.57. The molecule has 1 aromatic heterocycles. The number of carbonyl (C=O) groups is 1. The Morgan fingerprint density at radius 3 is 2.39 bits per heavy atom. The third-order valence-corrected chi connectivity index (χ3v) is 8.07. The van der Waals surface area contributed by atoms with Crippen molar-refractivity contribution in [1.82, 2.24) is 9.58 Å². The third kappa shape index (κ3) is 4.41. The normalized spacial score (nSPS) is 16.4. The van der Waals surface area contributed by atoms with Crippen LogP contribution in [-0.2, 0) is 17.1 Å². The Labute approximate surface area is 216 Å². The third-order valence-electron chi connectivity index (χ3n) is 5.96. The lowest BCUT2D eigenvalue weighted by molar-refractivity contribution is -0.114. The van der Waals surface area contributed by atoms with E-state index >= 15 is 0 Å². The predicted octanol–water partition coefficient (Wildman–Crippen LogP) is 6.20. The molecule has 6 nitrogen and oxygen atoms in total. The molecule has 0 unspecified atom stereocenters. The number of carbonyl (C=O) groups excluding carboxylic acids is 1. The summed E-state index contributed by atoms with van der Waals surface area (Å²) in [6.45, 7) is 0.716. The quantitative estimate of drug-likeness (QED) is 0.327. The van der Waals surface area contributed by atoms with Gasteiger partial charge in [-0.1, -0.05) is 90.6 Å². The Kier molecular flexibility index (Phi) is 6.04. The number of hydrazone groups is 1. The molecule has 2 aliphatic heterocycles. The Hall–Kier alpha value is -3.88. The van der Waals surface area contributed by atoms with Gasteiger partial charge in [0.15, 0.2) is 10.2 Å². The zero-order valence-electron chi connectivity index (χ0n) is 19.2. The molecule has 0 saturated heterocycles. The molecular formula is C28H21N5OS2. The molecule has 1 amide bonds. The van der Waals surface area contributed by atoms with E-state index in [2.05, 4.69) is 45.0 Å². The number of benzene rings is 3. The largest absolute Gasteiger partial charge is 0.342 e. The van der Waals surface area contributed by atoms with Crippen molar-refractivity contribution in [1.29, 1.82) is 5.41 Å². The Morgan fingerprint density at radius 2 is 1.61 bits per heavy atom. The fourth-order valence-electron chi connectivity index (χ4n) is 4.21. The van der Waals surface area contributed by atoms with Gasteiger partial charge in [0.1, 0.15) is 0 Å². The molecule has 0 spiro atoms. The number of aromatic nitrogens is 1. The van der Waals surface area contributed by atoms with Crippen molar-refractivity contribution in [2.75, 3.05) is 0 Å². The minimum Gasteiger partial charge on any atom is -0.342 e. The van der Waals surface area contributed by atoms with Gasteiger partial charge in [0.25, 0.3) is 5.91 Å². The number of hydrogen-bond acceptors (Lipinski definition) is 5. The summed E-state index contributed by atoms with van der Waals surface area (Å²) < 4.78 is 2.95. The molecular weight excluding hydrogens is 486 g/mol. The van der Waals surface area contributed by atoms with E-state index in [0.717, 1.165) is 26.6 Å². The topological polar surface area (TPSA) is 73.8 Å². The summed E-state index contributed by atoms with van der Waals surface area (Å²) in [6.07, 6.45) is 3.80. The molecule has 8 heteroatoms. The highest BCUT2D eigenvalue weighted by atomic mass is 32.2. The second-order valence-electron chi connectivity index (χ2n) is 8.38. The summed E-state index contributed by atoms with van der Waals surface area (Å²) in [4.78, 5) is 17.2. The molecule has 36 heavy (non-hydrogen) atoms. The Balaban J connectivity index is 1.29. The van der Waals surface area contributed by atoms with Gasteiger partial charge < -0.3 is 4.57 Å². The fourth-order valence-corrected chi connectivity index (χ4v) is 6.09. The first-order valence-electron chi connectivity index (χ1n) is 11.4. The lowest BCUT2D eigenvalue weighted by Crippen LogP contribution is -2.35. The molecule has 0 atom stereocenters. The van der Waals surface area contributed by atoms with Crippen molar-refractivity contribution in [3.63, 3.8) is 0 Å². The molecule has 6 rings (SSSR count). The number of hydrogen-bond donors (Lipinski definition) is 1. The highest BCUT2D eigenvalue weighted by molar-refractivity contribution is 8.45. The van der Waals surface area contributed by atoms with Crippen LogP contribution in [0.5, 0.6) is 0 Å². The Bertz CT molecular complexity index is 1570. The van der Waals surface area contributed by atoms with Gasteiger partial charge in [0, 0.05) is 35.0 Å². The number of para-hydroxylation sites is 1. The second-order valence-corrected chi connectivity index (χ2v) is 10.6. The van der Waals surface area contributed by atoms with Crippen LogP contribution in [0, 0.1) is 5.41 Å². The van der Waals surface area contributed by atoms with Crippen LogP contribution in [0.25, 0.3) is 17.0 Å². The van der Waals surface area contributed by atoms with E-state index in [1.807, 2.05) is 60.8 Å². The highest BCUT2D eigenvalue weighted by Gasteiger charge is 2.36. The number of nitrogens with zero attached hydrogens (tertiary/aromatic N) is 4. The van der Waals surface area contributed by atoms with E-state index in [-0.39, 0.29) is 11.4 Å². The highest BCUT2D eigenvalue weighted by Crippen LogP contribution is 2.34. The number of thioether (sulfide) groups is 2. The van der Waals surface area contributed by atoms with Crippen LogP contribution in [0.1, 0.15) is 16.7 Å². The van der Waals surface area contributed by atoms with Gasteiger partial charge in [0.05, 0.1) is 5.57 Å². The lowest BCUT2D eigenvalue weighted by Gasteiger charge is -2.20. The molecule has 2 aliphatic rings. The van der Waals surface area contributed by atoms with Crippen LogP contribution in [0.3, 0.4) is 0 Å². The summed E-state index contributed by atoms with van der Waals surface area (Å²) in [5.74, 6) is 0.398. The van der Waals surface area contributed by atoms with Gasteiger partial charge in [-0.05, 0) is 35.0 Å². The van der Waals surface area contributed by atoms with E-state index < -0.39 is 5.91 Å². The number of amidine groups is 2. The number of aliphatic imine (C=N–C) groups is 1. The van der Waals surface area contributed by atoms with Gasteiger partial charge in [-0.3, -0.25) is 10.2 Å². The number of nitrogens with one attached hydrogen (secondary N) is 1. The van der Waals surface area contributed by atoms with Gasteiger partial charge in [-0.2, -0.15) is 10.0 Å². The zero-order valence-corrected chi connectivity index (χ0v) is 20.8. The maximum atomic E-state index is 13.0. The van der Waals surface area contributed by atoms with Gasteiger partial charge in [0.2, 0.25) is 5.17 Å². The molecule has 176 valence electrons. The average molecular weight is 508 g/mol. The standard InChI is InChI=1S/C28H21N5OS2/c29-25-23(26(34)30-27-33(25)31-28(36-27)35-18-20-11-5-2-6-12-20)15-21-17-32(16-19-9-3-1-4-10-19)24-14-8-7-13-22(21)24/h1-15,17,29H,16,18H2. The van der Waals surface area contributed by atoms with Crippen LogP contribution in [0.4, 0.5) is 0 Å². The van der Waals surface area contributed by atoms with E-state index in [1.54, 1.807) is 17.8 Å². The molecule has 0 aliphatic carbocycles. The summed E-state index contributed by atoms with van der Waals surface area (Å²) in [7, 11) is 0. The van der Waals surface area contributed by atoms with E-state index in [4.69, 9.17) is 5.41 Å². The predicted molar refractivity (Wildman–Crippen MR) is 150 cm³/mol. The van der Waals surface area contributed by atoms with Crippen LogP contribution in [0.2, 0.25) is 0 Å². The summed E-state index contributed by atoms with van der Waals surface area (Å²) in [6, 6.07) is 28.5. The molecule has 0 radical (unpaired) electrons. The summed E-state index contributed by atoms with van der Waals surface area (Å²) in [5, 5.41) is 16.3. The van der Waals surface area contributed by atoms with Crippen LogP contribution in [-0.4, -0.2) is 30.9 Å². The molecule has 0 bridgehead atoms. The lowest BCUT2D eigenvalue weighted by atomic mass is 10.1. The van der Waals surface area contributed by atoms with Gasteiger partial charge >= 0.3 is 0 Å². The van der Waals surface area contributed by atoms with Gasteiger partial charge in [-0.15, -0.1) is 5.10 Å². The monoisotopic (exact) mass is 507 g/mol. The molecule has 3 heterocycles. The number of rotatable bonds is 5. The zero-order chi connectivity index (χ0) is 24.5. The molecule has 4 aromatic rings. The van der Waals surface area contributed by atoms with Crippen molar-refractivity contribution in [3.8, 4) is 0 Å². The number of fused-ring (bicyclic) bond motifs is 2. The first-order chi connectivity index (χ1) is 17.7.